The summed E-state index contributed by atoms with van der Waals surface area (Å²) in [7, 11) is 0. The van der Waals surface area contributed by atoms with E-state index < -0.39 is 0 Å². The third-order valence-corrected chi connectivity index (χ3v) is 4.21. The summed E-state index contributed by atoms with van der Waals surface area (Å²) in [6, 6.07) is 8.79. The lowest BCUT2D eigenvalue weighted by Crippen LogP contribution is -2.36. The van der Waals surface area contributed by atoms with Crippen molar-refractivity contribution in [1.82, 2.24) is 15.1 Å². The molecule has 1 aliphatic rings. The van der Waals surface area contributed by atoms with Crippen molar-refractivity contribution in [3.8, 4) is 5.75 Å². The Morgan fingerprint density at radius 3 is 2.91 bits per heavy atom. The first-order valence-electron chi connectivity index (χ1n) is 7.79. The highest BCUT2D eigenvalue weighted by molar-refractivity contribution is 5.62. The lowest BCUT2D eigenvalue weighted by atomic mass is 10.1. The number of ether oxygens (including phenoxy) is 1. The highest BCUT2D eigenvalue weighted by Crippen LogP contribution is 2.25. The van der Waals surface area contributed by atoms with E-state index in [1.165, 1.54) is 11.1 Å². The maximum absolute atomic E-state index is 5.79. The second-order valence-corrected chi connectivity index (χ2v) is 6.04. The minimum atomic E-state index is 0.311. The van der Waals surface area contributed by atoms with E-state index in [1.807, 2.05) is 29.1 Å². The van der Waals surface area contributed by atoms with Gasteiger partial charge in [0.1, 0.15) is 12.4 Å². The second kappa shape index (κ2) is 6.36. The highest BCUT2D eigenvalue weighted by atomic mass is 16.5. The van der Waals surface area contributed by atoms with Gasteiger partial charge in [0.25, 0.3) is 0 Å². The van der Waals surface area contributed by atoms with E-state index in [1.54, 1.807) is 0 Å². The number of para-hydroxylation sites is 1. The van der Waals surface area contributed by atoms with Gasteiger partial charge in [0, 0.05) is 24.3 Å². The van der Waals surface area contributed by atoms with Gasteiger partial charge in [0.2, 0.25) is 0 Å². The van der Waals surface area contributed by atoms with Crippen molar-refractivity contribution >= 4 is 6.08 Å². The van der Waals surface area contributed by atoms with E-state index in [0.717, 1.165) is 17.9 Å². The Labute approximate surface area is 131 Å². The summed E-state index contributed by atoms with van der Waals surface area (Å²) in [6.45, 7) is 7.94. The molecule has 0 saturated heterocycles. The quantitative estimate of drug-likeness (QED) is 0.921. The van der Waals surface area contributed by atoms with E-state index in [2.05, 4.69) is 49.5 Å². The molecule has 22 heavy (non-hydrogen) atoms. The topological polar surface area (TPSA) is 39.1 Å². The van der Waals surface area contributed by atoms with Gasteiger partial charge in [-0.15, -0.1) is 0 Å². The van der Waals surface area contributed by atoms with Crippen LogP contribution in [0.3, 0.4) is 0 Å². The molecule has 1 N–H and O–H groups in total. The summed E-state index contributed by atoms with van der Waals surface area (Å²) < 4.78 is 7.81. The van der Waals surface area contributed by atoms with Crippen LogP contribution in [0.2, 0.25) is 0 Å². The minimum absolute atomic E-state index is 0.311. The van der Waals surface area contributed by atoms with Crippen molar-refractivity contribution in [2.24, 2.45) is 0 Å². The van der Waals surface area contributed by atoms with Crippen molar-refractivity contribution in [3.63, 3.8) is 0 Å². The first kappa shape index (κ1) is 14.9. The Bertz CT molecular complexity index is 674. The fourth-order valence-corrected chi connectivity index (χ4v) is 2.61. The Kier molecular flexibility index (Phi) is 4.29. The summed E-state index contributed by atoms with van der Waals surface area (Å²) >= 11 is 0. The molecule has 0 saturated carbocycles. The molecular weight excluding hydrogens is 274 g/mol. The highest BCUT2D eigenvalue weighted by Gasteiger charge is 2.16. The number of fused-ring (bicyclic) bond motifs is 1. The predicted octanol–water partition coefficient (Wildman–Crippen LogP) is 3.21. The Hall–Kier alpha value is -2.07. The number of nitrogens with zero attached hydrogens (tertiary/aromatic N) is 2. The summed E-state index contributed by atoms with van der Waals surface area (Å²) in [5.41, 5.74) is 3.63. The molecule has 4 nitrogen and oxygen atoms in total. The number of hydrogen-bond acceptors (Lipinski definition) is 3. The first-order chi connectivity index (χ1) is 10.6. The van der Waals surface area contributed by atoms with Crippen LogP contribution in [0, 0.1) is 6.92 Å². The zero-order valence-corrected chi connectivity index (χ0v) is 13.4. The molecule has 1 aromatic heterocycles. The van der Waals surface area contributed by atoms with Crippen LogP contribution in [0.1, 0.15) is 31.0 Å². The van der Waals surface area contributed by atoms with Crippen molar-refractivity contribution < 1.29 is 4.74 Å². The van der Waals surface area contributed by atoms with Crippen LogP contribution in [-0.4, -0.2) is 29.0 Å². The van der Waals surface area contributed by atoms with Crippen LogP contribution in [-0.2, 0) is 0 Å². The molecule has 2 aromatic rings. The van der Waals surface area contributed by atoms with Crippen LogP contribution < -0.4 is 10.1 Å². The Morgan fingerprint density at radius 2 is 2.14 bits per heavy atom. The third kappa shape index (κ3) is 3.22. The lowest BCUT2D eigenvalue weighted by molar-refractivity contribution is 0.332. The van der Waals surface area contributed by atoms with E-state index in [4.69, 9.17) is 4.74 Å². The van der Waals surface area contributed by atoms with Gasteiger partial charge in [-0.25, -0.2) is 0 Å². The molecule has 116 valence electrons. The van der Waals surface area contributed by atoms with Crippen LogP contribution in [0.15, 0.2) is 42.2 Å². The van der Waals surface area contributed by atoms with Gasteiger partial charge >= 0.3 is 0 Å². The van der Waals surface area contributed by atoms with E-state index in [-0.39, 0.29) is 0 Å². The molecule has 0 fully saturated rings. The van der Waals surface area contributed by atoms with Gasteiger partial charge in [-0.2, -0.15) is 5.10 Å². The molecule has 4 heteroatoms. The van der Waals surface area contributed by atoms with Gasteiger partial charge in [-0.05, 0) is 44.1 Å². The van der Waals surface area contributed by atoms with E-state index in [9.17, 15) is 0 Å². The van der Waals surface area contributed by atoms with Crippen molar-refractivity contribution in [2.45, 2.75) is 32.9 Å². The number of aromatic nitrogens is 2. The van der Waals surface area contributed by atoms with Crippen LogP contribution in [0.4, 0.5) is 0 Å². The zero-order valence-electron chi connectivity index (χ0n) is 13.4. The van der Waals surface area contributed by atoms with Crippen LogP contribution in [0.5, 0.6) is 5.75 Å². The molecule has 1 aliphatic heterocycles. The summed E-state index contributed by atoms with van der Waals surface area (Å²) in [4.78, 5) is 0. The summed E-state index contributed by atoms with van der Waals surface area (Å²) in [5.74, 6) is 0.972. The SMILES string of the molecule is Cc1cnn([C@H](C)[C@H](C)NCC2=Cc3ccccc3OC2)c1. The third-order valence-electron chi connectivity index (χ3n) is 4.21. The molecule has 0 amide bonds. The smallest absolute Gasteiger partial charge is 0.127 e. The molecule has 1 aromatic carbocycles. The maximum atomic E-state index is 5.79. The molecule has 2 atom stereocenters. The standard InChI is InChI=1S/C18H23N3O/c1-13-9-20-21(11-13)15(3)14(2)19-10-16-8-17-6-4-5-7-18(17)22-12-16/h4-9,11,14-15,19H,10,12H2,1-3H3/t14-,15+/m0/s1. The molecule has 0 radical (unpaired) electrons. The van der Waals surface area contributed by atoms with E-state index >= 15 is 0 Å². The lowest BCUT2D eigenvalue weighted by Gasteiger charge is -2.24. The first-order valence-corrected chi connectivity index (χ1v) is 7.79. The zero-order chi connectivity index (χ0) is 15.5. The second-order valence-electron chi connectivity index (χ2n) is 6.04. The van der Waals surface area contributed by atoms with Gasteiger partial charge in [0.15, 0.2) is 0 Å². The summed E-state index contributed by atoms with van der Waals surface area (Å²) in [6.07, 6.45) is 6.21. The molecule has 2 heterocycles. The Morgan fingerprint density at radius 1 is 1.32 bits per heavy atom. The monoisotopic (exact) mass is 297 g/mol. The van der Waals surface area contributed by atoms with Crippen molar-refractivity contribution in [1.29, 1.82) is 0 Å². The molecule has 0 aliphatic carbocycles. The summed E-state index contributed by atoms with van der Waals surface area (Å²) in [5, 5.41) is 7.98. The van der Waals surface area contributed by atoms with Gasteiger partial charge in [0.05, 0.1) is 12.2 Å². The van der Waals surface area contributed by atoms with Gasteiger partial charge < -0.3 is 10.1 Å². The largest absolute Gasteiger partial charge is 0.489 e. The van der Waals surface area contributed by atoms with Gasteiger partial charge in [-0.3, -0.25) is 4.68 Å². The average molecular weight is 297 g/mol. The average Bonchev–Trinajstić information content (AvgIpc) is 2.98. The number of hydrogen-bond donors (Lipinski definition) is 1. The van der Waals surface area contributed by atoms with Gasteiger partial charge in [-0.1, -0.05) is 18.2 Å². The normalized spacial score (nSPS) is 16.4. The van der Waals surface area contributed by atoms with Crippen LogP contribution in [0.25, 0.3) is 6.08 Å². The number of benzene rings is 1. The molecule has 0 bridgehead atoms. The maximum Gasteiger partial charge on any atom is 0.127 e. The van der Waals surface area contributed by atoms with E-state index in [0.29, 0.717) is 18.7 Å². The number of aryl methyl sites for hydroxylation is 1. The number of rotatable bonds is 5. The number of nitrogens with one attached hydrogen (secondary N) is 1. The fourth-order valence-electron chi connectivity index (χ4n) is 2.61. The Balaban J connectivity index is 1.60. The molecule has 3 rings (SSSR count). The molecule has 0 spiro atoms. The molecule has 0 unspecified atom stereocenters. The predicted molar refractivity (Wildman–Crippen MR) is 89.1 cm³/mol. The van der Waals surface area contributed by atoms with Crippen molar-refractivity contribution in [2.75, 3.05) is 13.2 Å². The minimum Gasteiger partial charge on any atom is -0.489 e. The van der Waals surface area contributed by atoms with Crippen LogP contribution >= 0.6 is 0 Å². The molecular formula is C18H23N3O. The van der Waals surface area contributed by atoms with Crippen molar-refractivity contribution in [3.05, 3.63) is 53.4 Å². The fraction of sp³-hybridized carbons (Fsp3) is 0.389.